The van der Waals surface area contributed by atoms with E-state index < -0.39 is 0 Å². The average Bonchev–Trinajstić information content (AvgIpc) is 3.10. The molecule has 102 valence electrons. The Morgan fingerprint density at radius 2 is 2.16 bits per heavy atom. The molecule has 2 fully saturated rings. The standard InChI is InChI=1S/C14H19N3OS/c18-14(16-11-6-7-19-9-11)12-8-15-17-13(12)10-4-2-1-3-5-10/h1-5,11-13,15,17H,6-9H2,(H,16,18). The smallest absolute Gasteiger partial charge is 0.226 e. The fourth-order valence-corrected chi connectivity index (χ4v) is 3.83. The van der Waals surface area contributed by atoms with Crippen molar-refractivity contribution in [1.82, 2.24) is 16.2 Å². The van der Waals surface area contributed by atoms with E-state index in [2.05, 4.69) is 28.3 Å². The Balaban J connectivity index is 1.67. The quantitative estimate of drug-likeness (QED) is 0.774. The Labute approximate surface area is 117 Å². The highest BCUT2D eigenvalue weighted by Crippen LogP contribution is 2.25. The molecule has 5 heteroatoms. The van der Waals surface area contributed by atoms with Crippen LogP contribution in [0.25, 0.3) is 0 Å². The highest BCUT2D eigenvalue weighted by atomic mass is 32.2. The number of rotatable bonds is 3. The molecule has 0 radical (unpaired) electrons. The van der Waals surface area contributed by atoms with Crippen LogP contribution < -0.4 is 16.2 Å². The van der Waals surface area contributed by atoms with Gasteiger partial charge in [-0.15, -0.1) is 0 Å². The summed E-state index contributed by atoms with van der Waals surface area (Å²) in [4.78, 5) is 12.4. The molecule has 3 unspecified atom stereocenters. The van der Waals surface area contributed by atoms with E-state index in [0.717, 1.165) is 23.5 Å². The van der Waals surface area contributed by atoms with Gasteiger partial charge in [0.15, 0.2) is 0 Å². The molecule has 2 aliphatic rings. The maximum Gasteiger partial charge on any atom is 0.226 e. The third-order valence-corrected chi connectivity index (χ3v) is 4.92. The summed E-state index contributed by atoms with van der Waals surface area (Å²) >= 11 is 1.92. The zero-order valence-corrected chi connectivity index (χ0v) is 11.6. The molecule has 4 nitrogen and oxygen atoms in total. The Hall–Kier alpha value is -1.04. The summed E-state index contributed by atoms with van der Waals surface area (Å²) in [6, 6.07) is 10.6. The summed E-state index contributed by atoms with van der Waals surface area (Å²) in [5.74, 6) is 2.34. The van der Waals surface area contributed by atoms with Crippen LogP contribution in [0.1, 0.15) is 18.0 Å². The van der Waals surface area contributed by atoms with Crippen molar-refractivity contribution >= 4 is 17.7 Å². The molecule has 3 rings (SSSR count). The first-order chi connectivity index (χ1) is 9.34. The molecule has 1 aromatic rings. The van der Waals surface area contributed by atoms with Crippen molar-refractivity contribution in [2.24, 2.45) is 5.92 Å². The minimum Gasteiger partial charge on any atom is -0.352 e. The van der Waals surface area contributed by atoms with Gasteiger partial charge in [-0.25, -0.2) is 5.43 Å². The Morgan fingerprint density at radius 3 is 2.89 bits per heavy atom. The number of hydrogen-bond acceptors (Lipinski definition) is 4. The van der Waals surface area contributed by atoms with Crippen molar-refractivity contribution < 1.29 is 4.79 Å². The van der Waals surface area contributed by atoms with Crippen molar-refractivity contribution in [2.45, 2.75) is 18.5 Å². The number of amides is 1. The fourth-order valence-electron chi connectivity index (χ4n) is 2.67. The zero-order valence-electron chi connectivity index (χ0n) is 10.8. The minimum atomic E-state index is -0.0343. The molecule has 2 heterocycles. The molecular weight excluding hydrogens is 258 g/mol. The number of thioether (sulfide) groups is 1. The second-order valence-electron chi connectivity index (χ2n) is 5.09. The fraction of sp³-hybridized carbons (Fsp3) is 0.500. The van der Waals surface area contributed by atoms with E-state index in [0.29, 0.717) is 12.6 Å². The zero-order chi connectivity index (χ0) is 13.1. The van der Waals surface area contributed by atoms with Crippen molar-refractivity contribution in [1.29, 1.82) is 0 Å². The van der Waals surface area contributed by atoms with E-state index in [9.17, 15) is 4.79 Å². The van der Waals surface area contributed by atoms with Crippen LogP contribution >= 0.6 is 11.8 Å². The third kappa shape index (κ3) is 2.94. The molecule has 1 amide bonds. The number of benzene rings is 1. The first-order valence-corrected chi connectivity index (χ1v) is 7.91. The lowest BCUT2D eigenvalue weighted by Crippen LogP contribution is -2.41. The van der Waals surface area contributed by atoms with Gasteiger partial charge in [-0.1, -0.05) is 30.3 Å². The molecule has 0 aliphatic carbocycles. The second kappa shape index (κ2) is 5.94. The first kappa shape index (κ1) is 13.0. The van der Waals surface area contributed by atoms with Gasteiger partial charge in [0, 0.05) is 18.3 Å². The molecule has 0 saturated carbocycles. The van der Waals surface area contributed by atoms with Crippen molar-refractivity contribution in [3.63, 3.8) is 0 Å². The number of nitrogens with one attached hydrogen (secondary N) is 3. The molecule has 0 bridgehead atoms. The summed E-state index contributed by atoms with van der Waals surface area (Å²) in [5.41, 5.74) is 7.48. The van der Waals surface area contributed by atoms with E-state index >= 15 is 0 Å². The van der Waals surface area contributed by atoms with Crippen molar-refractivity contribution in [3.8, 4) is 0 Å². The Bertz CT molecular complexity index is 434. The normalized spacial score (nSPS) is 30.4. The van der Waals surface area contributed by atoms with Crippen LogP contribution in [-0.4, -0.2) is 30.0 Å². The van der Waals surface area contributed by atoms with E-state index in [1.807, 2.05) is 30.0 Å². The van der Waals surface area contributed by atoms with Crippen LogP contribution in [0.5, 0.6) is 0 Å². The molecule has 0 spiro atoms. The summed E-state index contributed by atoms with van der Waals surface area (Å²) in [6.07, 6.45) is 1.10. The van der Waals surface area contributed by atoms with Gasteiger partial charge < -0.3 is 5.32 Å². The van der Waals surface area contributed by atoms with E-state index in [1.165, 1.54) is 0 Å². The number of carbonyl (C=O) groups is 1. The lowest BCUT2D eigenvalue weighted by Gasteiger charge is -2.20. The molecule has 1 aromatic carbocycles. The lowest BCUT2D eigenvalue weighted by atomic mass is 9.94. The second-order valence-corrected chi connectivity index (χ2v) is 6.24. The molecule has 3 atom stereocenters. The Morgan fingerprint density at radius 1 is 1.32 bits per heavy atom. The molecule has 3 N–H and O–H groups in total. The van der Waals surface area contributed by atoms with Gasteiger partial charge in [0.2, 0.25) is 5.91 Å². The van der Waals surface area contributed by atoms with Gasteiger partial charge >= 0.3 is 0 Å². The van der Waals surface area contributed by atoms with E-state index in [4.69, 9.17) is 0 Å². The SMILES string of the molecule is O=C(NC1CCSC1)C1CNNC1c1ccccc1. The molecule has 19 heavy (non-hydrogen) atoms. The van der Waals surface area contributed by atoms with Gasteiger partial charge in [0.25, 0.3) is 0 Å². The maximum atomic E-state index is 12.4. The Kier molecular flexibility index (Phi) is 4.06. The maximum absolute atomic E-state index is 12.4. The van der Waals surface area contributed by atoms with Gasteiger partial charge in [-0.05, 0) is 17.7 Å². The van der Waals surface area contributed by atoms with E-state index in [-0.39, 0.29) is 17.9 Å². The molecule has 2 aliphatic heterocycles. The summed E-state index contributed by atoms with van der Waals surface area (Å²) < 4.78 is 0. The largest absolute Gasteiger partial charge is 0.352 e. The van der Waals surface area contributed by atoms with Crippen LogP contribution in [-0.2, 0) is 4.79 Å². The lowest BCUT2D eigenvalue weighted by molar-refractivity contribution is -0.125. The molecule has 0 aromatic heterocycles. The minimum absolute atomic E-state index is 0.0343. The predicted octanol–water partition coefficient (Wildman–Crippen LogP) is 1.07. The van der Waals surface area contributed by atoms with Crippen LogP contribution in [0.4, 0.5) is 0 Å². The molecule has 2 saturated heterocycles. The molecular formula is C14H19N3OS. The van der Waals surface area contributed by atoms with Crippen LogP contribution in [0.15, 0.2) is 30.3 Å². The van der Waals surface area contributed by atoms with Crippen LogP contribution in [0, 0.1) is 5.92 Å². The third-order valence-electron chi connectivity index (χ3n) is 3.75. The van der Waals surface area contributed by atoms with Crippen molar-refractivity contribution in [2.75, 3.05) is 18.1 Å². The summed E-state index contributed by atoms with van der Waals surface area (Å²) in [5, 5.41) is 3.18. The van der Waals surface area contributed by atoms with Crippen molar-refractivity contribution in [3.05, 3.63) is 35.9 Å². The monoisotopic (exact) mass is 277 g/mol. The van der Waals surface area contributed by atoms with Gasteiger partial charge in [-0.2, -0.15) is 11.8 Å². The van der Waals surface area contributed by atoms with Gasteiger partial charge in [-0.3, -0.25) is 10.2 Å². The topological polar surface area (TPSA) is 53.2 Å². The summed E-state index contributed by atoms with van der Waals surface area (Å²) in [7, 11) is 0. The van der Waals surface area contributed by atoms with Gasteiger partial charge in [0.1, 0.15) is 0 Å². The first-order valence-electron chi connectivity index (χ1n) is 6.76. The van der Waals surface area contributed by atoms with Gasteiger partial charge in [0.05, 0.1) is 12.0 Å². The predicted molar refractivity (Wildman–Crippen MR) is 77.7 cm³/mol. The highest BCUT2D eigenvalue weighted by molar-refractivity contribution is 7.99. The van der Waals surface area contributed by atoms with E-state index in [1.54, 1.807) is 0 Å². The number of carbonyl (C=O) groups excluding carboxylic acids is 1. The highest BCUT2D eigenvalue weighted by Gasteiger charge is 2.34. The van der Waals surface area contributed by atoms with Crippen LogP contribution in [0.2, 0.25) is 0 Å². The average molecular weight is 277 g/mol. The number of hydrazine groups is 1. The van der Waals surface area contributed by atoms with Crippen LogP contribution in [0.3, 0.4) is 0 Å². The number of hydrogen-bond donors (Lipinski definition) is 3. The summed E-state index contributed by atoms with van der Waals surface area (Å²) in [6.45, 7) is 0.686.